The Kier molecular flexibility index (Phi) is 4.92. The first-order valence-electron chi connectivity index (χ1n) is 6.46. The highest BCUT2D eigenvalue weighted by Crippen LogP contribution is 2.18. The van der Waals surface area contributed by atoms with Crippen molar-refractivity contribution in [2.45, 2.75) is 4.90 Å². The van der Waals surface area contributed by atoms with E-state index in [1.807, 2.05) is 4.90 Å². The molecule has 21 heavy (non-hydrogen) atoms. The van der Waals surface area contributed by atoms with E-state index in [0.29, 0.717) is 26.3 Å². The number of carboxylic acids is 1. The first-order valence-corrected chi connectivity index (χ1v) is 8.11. The molecule has 1 aromatic rings. The smallest absolute Gasteiger partial charge is 0.335 e. The van der Waals surface area contributed by atoms with Crippen LogP contribution in [0.25, 0.3) is 0 Å². The molecule has 0 spiro atoms. The molecule has 6 nitrogen and oxygen atoms in total. The Labute approximate surface area is 122 Å². The monoisotopic (exact) mass is 317 g/mol. The molecule has 1 saturated heterocycles. The van der Waals surface area contributed by atoms with Crippen molar-refractivity contribution in [1.29, 1.82) is 0 Å². The van der Waals surface area contributed by atoms with E-state index in [1.165, 1.54) is 0 Å². The molecule has 1 aliphatic rings. The molecule has 0 aromatic heterocycles. The van der Waals surface area contributed by atoms with Gasteiger partial charge in [0, 0.05) is 19.6 Å². The van der Waals surface area contributed by atoms with E-state index in [1.54, 1.807) is 0 Å². The maximum Gasteiger partial charge on any atom is 0.335 e. The lowest BCUT2D eigenvalue weighted by molar-refractivity contribution is 0.0408. The summed E-state index contributed by atoms with van der Waals surface area (Å²) in [5, 5.41) is 8.86. The fourth-order valence-electron chi connectivity index (χ4n) is 2.06. The van der Waals surface area contributed by atoms with Crippen LogP contribution in [0.3, 0.4) is 0 Å². The molecule has 1 heterocycles. The molecule has 1 fully saturated rings. The lowest BCUT2D eigenvalue weighted by Gasteiger charge is -2.26. The van der Waals surface area contributed by atoms with Gasteiger partial charge in [0.05, 0.1) is 24.5 Å². The molecular formula is C13H16FNO5S. The van der Waals surface area contributed by atoms with Gasteiger partial charge < -0.3 is 9.84 Å². The molecule has 1 aromatic carbocycles. The maximum absolute atomic E-state index is 13.7. The second kappa shape index (κ2) is 6.50. The number of nitrogens with zero attached hydrogens (tertiary/aromatic N) is 1. The molecule has 0 radical (unpaired) electrons. The van der Waals surface area contributed by atoms with Gasteiger partial charge in [-0.2, -0.15) is 0 Å². The highest BCUT2D eigenvalue weighted by molar-refractivity contribution is 7.91. The molecule has 0 saturated carbocycles. The number of benzene rings is 1. The minimum Gasteiger partial charge on any atom is -0.478 e. The van der Waals surface area contributed by atoms with Crippen molar-refractivity contribution in [2.24, 2.45) is 0 Å². The highest BCUT2D eigenvalue weighted by Gasteiger charge is 2.22. The van der Waals surface area contributed by atoms with Crippen molar-refractivity contribution < 1.29 is 27.4 Å². The summed E-state index contributed by atoms with van der Waals surface area (Å²) < 4.78 is 43.2. The van der Waals surface area contributed by atoms with Crippen LogP contribution in [-0.2, 0) is 14.6 Å². The topological polar surface area (TPSA) is 83.9 Å². The normalized spacial score (nSPS) is 16.8. The second-order valence-electron chi connectivity index (χ2n) is 4.72. The second-order valence-corrected chi connectivity index (χ2v) is 6.80. The van der Waals surface area contributed by atoms with Crippen LogP contribution in [0.15, 0.2) is 23.1 Å². The van der Waals surface area contributed by atoms with Gasteiger partial charge in [-0.25, -0.2) is 17.6 Å². The molecule has 2 rings (SSSR count). The fraction of sp³-hybridized carbons (Fsp3) is 0.462. The Hall–Kier alpha value is -1.51. The third kappa shape index (κ3) is 3.99. The van der Waals surface area contributed by atoms with E-state index in [4.69, 9.17) is 9.84 Å². The Morgan fingerprint density at radius 3 is 2.62 bits per heavy atom. The maximum atomic E-state index is 13.7. The van der Waals surface area contributed by atoms with E-state index in [9.17, 15) is 17.6 Å². The lowest BCUT2D eigenvalue weighted by atomic mass is 10.2. The Morgan fingerprint density at radius 2 is 2.00 bits per heavy atom. The van der Waals surface area contributed by atoms with Crippen molar-refractivity contribution in [3.63, 3.8) is 0 Å². The number of sulfone groups is 1. The zero-order chi connectivity index (χ0) is 15.5. The van der Waals surface area contributed by atoms with Gasteiger partial charge in [0.25, 0.3) is 0 Å². The minimum atomic E-state index is -3.87. The summed E-state index contributed by atoms with van der Waals surface area (Å²) in [6.07, 6.45) is 0. The molecule has 0 bridgehead atoms. The summed E-state index contributed by atoms with van der Waals surface area (Å²) in [5.41, 5.74) is -0.249. The number of rotatable bonds is 5. The van der Waals surface area contributed by atoms with Crippen molar-refractivity contribution in [2.75, 3.05) is 38.6 Å². The van der Waals surface area contributed by atoms with Crippen molar-refractivity contribution in [3.8, 4) is 0 Å². The summed E-state index contributed by atoms with van der Waals surface area (Å²) in [6.45, 7) is 2.62. The van der Waals surface area contributed by atoms with Gasteiger partial charge in [-0.15, -0.1) is 0 Å². The van der Waals surface area contributed by atoms with Crippen LogP contribution in [0, 0.1) is 5.82 Å². The largest absolute Gasteiger partial charge is 0.478 e. The third-order valence-corrected chi connectivity index (χ3v) is 5.00. The standard InChI is InChI=1S/C13H16FNO5S/c14-11-2-1-10(13(16)17)9-12(11)21(18,19)8-5-15-3-6-20-7-4-15/h1-2,9H,3-8H2,(H,16,17). The molecule has 0 amide bonds. The van der Waals surface area contributed by atoms with Crippen LogP contribution < -0.4 is 0 Å². The van der Waals surface area contributed by atoms with Gasteiger partial charge in [0.15, 0.2) is 9.84 Å². The van der Waals surface area contributed by atoms with Crippen molar-refractivity contribution in [1.82, 2.24) is 4.90 Å². The summed E-state index contributed by atoms with van der Waals surface area (Å²) >= 11 is 0. The SMILES string of the molecule is O=C(O)c1ccc(F)c(S(=O)(=O)CCN2CCOCC2)c1. The lowest BCUT2D eigenvalue weighted by Crippen LogP contribution is -2.39. The first-order chi connectivity index (χ1) is 9.90. The summed E-state index contributed by atoms with van der Waals surface area (Å²) in [6, 6.07) is 2.77. The van der Waals surface area contributed by atoms with Crippen LogP contribution >= 0.6 is 0 Å². The van der Waals surface area contributed by atoms with E-state index >= 15 is 0 Å². The summed E-state index contributed by atoms with van der Waals surface area (Å²) in [4.78, 5) is 12.2. The van der Waals surface area contributed by atoms with Gasteiger partial charge in [-0.3, -0.25) is 4.90 Å². The van der Waals surface area contributed by atoms with Gasteiger partial charge in [0.2, 0.25) is 0 Å². The molecule has 116 valence electrons. The summed E-state index contributed by atoms with van der Waals surface area (Å²) in [5.74, 6) is -2.48. The number of carbonyl (C=O) groups is 1. The molecule has 0 unspecified atom stereocenters. The van der Waals surface area contributed by atoms with Crippen LogP contribution in [0.1, 0.15) is 10.4 Å². The first kappa shape index (κ1) is 15.9. The number of hydrogen-bond donors (Lipinski definition) is 1. The van der Waals surface area contributed by atoms with Gasteiger partial charge in [-0.05, 0) is 18.2 Å². The van der Waals surface area contributed by atoms with Crippen LogP contribution in [0.2, 0.25) is 0 Å². The van der Waals surface area contributed by atoms with Gasteiger partial charge >= 0.3 is 5.97 Å². The Bertz CT molecular complexity index is 625. The number of hydrogen-bond acceptors (Lipinski definition) is 5. The Morgan fingerprint density at radius 1 is 1.33 bits per heavy atom. The average Bonchev–Trinajstić information content (AvgIpc) is 2.46. The molecule has 1 aliphatic heterocycles. The van der Waals surface area contributed by atoms with Crippen molar-refractivity contribution in [3.05, 3.63) is 29.6 Å². The van der Waals surface area contributed by atoms with E-state index in [2.05, 4.69) is 0 Å². The molecule has 1 N–H and O–H groups in total. The molecule has 8 heteroatoms. The number of morpholine rings is 1. The summed E-state index contributed by atoms with van der Waals surface area (Å²) in [7, 11) is -3.87. The zero-order valence-electron chi connectivity index (χ0n) is 11.3. The predicted octanol–water partition coefficient (Wildman–Crippen LogP) is 0.630. The molecule has 0 atom stereocenters. The fourth-order valence-corrected chi connectivity index (χ4v) is 3.45. The van der Waals surface area contributed by atoms with E-state index in [-0.39, 0.29) is 17.9 Å². The van der Waals surface area contributed by atoms with Crippen LogP contribution in [0.5, 0.6) is 0 Å². The van der Waals surface area contributed by atoms with Gasteiger partial charge in [-0.1, -0.05) is 0 Å². The predicted molar refractivity (Wildman–Crippen MR) is 72.7 cm³/mol. The van der Waals surface area contributed by atoms with Crippen LogP contribution in [0.4, 0.5) is 4.39 Å². The van der Waals surface area contributed by atoms with E-state index < -0.39 is 26.5 Å². The number of aromatic carboxylic acids is 1. The number of carboxylic acid groups (broad SMARTS) is 1. The number of ether oxygens (including phenoxy) is 1. The van der Waals surface area contributed by atoms with E-state index in [0.717, 1.165) is 18.2 Å². The van der Waals surface area contributed by atoms with Crippen molar-refractivity contribution >= 4 is 15.8 Å². The minimum absolute atomic E-state index is 0.249. The Balaban J connectivity index is 2.14. The number of halogens is 1. The van der Waals surface area contributed by atoms with Crippen LogP contribution in [-0.4, -0.2) is 63.0 Å². The molecule has 0 aliphatic carbocycles. The zero-order valence-corrected chi connectivity index (χ0v) is 12.1. The molecular weight excluding hydrogens is 301 g/mol. The third-order valence-electron chi connectivity index (χ3n) is 3.29. The van der Waals surface area contributed by atoms with Gasteiger partial charge in [0.1, 0.15) is 10.7 Å². The average molecular weight is 317 g/mol. The highest BCUT2D eigenvalue weighted by atomic mass is 32.2. The quantitative estimate of drug-likeness (QED) is 0.857.